The Morgan fingerprint density at radius 3 is 2.20 bits per heavy atom. The van der Waals surface area contributed by atoms with Crippen LogP contribution < -0.4 is 14.4 Å². The van der Waals surface area contributed by atoms with Crippen LogP contribution in [0.25, 0.3) is 0 Å². The average molecular weight is 649 g/mol. The first kappa shape index (κ1) is 32.1. The van der Waals surface area contributed by atoms with E-state index in [9.17, 15) is 22.4 Å². The summed E-state index contributed by atoms with van der Waals surface area (Å²) in [4.78, 5) is 28.1. The highest BCUT2D eigenvalue weighted by Gasteiger charge is 2.32. The third-order valence-electron chi connectivity index (χ3n) is 6.38. The molecule has 0 bridgehead atoms. The molecule has 0 radical (unpaired) electrons. The second-order valence-electron chi connectivity index (χ2n) is 9.36. The van der Waals surface area contributed by atoms with Crippen LogP contribution in [0.1, 0.15) is 39.2 Å². The smallest absolute Gasteiger partial charge is 0.264 e. The summed E-state index contributed by atoms with van der Waals surface area (Å²) in [6, 6.07) is 17.1. The molecule has 0 aromatic heterocycles. The van der Waals surface area contributed by atoms with Gasteiger partial charge in [0.15, 0.2) is 0 Å². The standard InChI is InChI=1S/C30H35BrFN3O5S/c1-4-6-19-33-30(37)22(3)34(20-23-7-9-24(31)10-8-23)29(36)21-35(26-13-15-27(16-14-26)40-5-2)41(38,39)28-17-11-25(32)12-18-28/h7-18,22H,4-6,19-21H2,1-3H3,(H,33,37). The summed E-state index contributed by atoms with van der Waals surface area (Å²) in [6.07, 6.45) is 1.69. The van der Waals surface area contributed by atoms with Crippen LogP contribution in [0.15, 0.2) is 82.2 Å². The molecule has 0 saturated heterocycles. The minimum Gasteiger partial charge on any atom is -0.494 e. The lowest BCUT2D eigenvalue weighted by Crippen LogP contribution is -2.51. The zero-order valence-electron chi connectivity index (χ0n) is 23.3. The van der Waals surface area contributed by atoms with E-state index >= 15 is 0 Å². The van der Waals surface area contributed by atoms with E-state index in [0.29, 0.717) is 18.9 Å². The highest BCUT2D eigenvalue weighted by molar-refractivity contribution is 9.10. The summed E-state index contributed by atoms with van der Waals surface area (Å²) >= 11 is 3.40. The fourth-order valence-electron chi connectivity index (χ4n) is 4.04. The third-order valence-corrected chi connectivity index (χ3v) is 8.70. The topological polar surface area (TPSA) is 96.0 Å². The molecule has 0 fully saturated rings. The molecule has 0 aliphatic heterocycles. The van der Waals surface area contributed by atoms with E-state index in [4.69, 9.17) is 4.74 Å². The predicted octanol–water partition coefficient (Wildman–Crippen LogP) is 5.52. The van der Waals surface area contributed by atoms with Crippen molar-refractivity contribution in [3.63, 3.8) is 0 Å². The largest absolute Gasteiger partial charge is 0.494 e. The number of rotatable bonds is 14. The zero-order chi connectivity index (χ0) is 30.0. The lowest BCUT2D eigenvalue weighted by Gasteiger charge is -2.32. The highest BCUT2D eigenvalue weighted by atomic mass is 79.9. The fourth-order valence-corrected chi connectivity index (χ4v) is 5.72. The minimum absolute atomic E-state index is 0.0855. The first-order valence-corrected chi connectivity index (χ1v) is 15.6. The summed E-state index contributed by atoms with van der Waals surface area (Å²) in [5.41, 5.74) is 0.985. The Balaban J connectivity index is 2.00. The van der Waals surface area contributed by atoms with Gasteiger partial charge in [0.05, 0.1) is 17.2 Å². The molecular formula is C30H35BrFN3O5S. The first-order valence-electron chi connectivity index (χ1n) is 13.4. The summed E-state index contributed by atoms with van der Waals surface area (Å²) < 4.78 is 48.5. The number of amides is 2. The SMILES string of the molecule is CCCCNC(=O)C(C)N(Cc1ccc(Br)cc1)C(=O)CN(c1ccc(OCC)cc1)S(=O)(=O)c1ccc(F)cc1. The summed E-state index contributed by atoms with van der Waals surface area (Å²) in [5.74, 6) is -0.962. The predicted molar refractivity (Wildman–Crippen MR) is 161 cm³/mol. The van der Waals surface area contributed by atoms with Gasteiger partial charge in [-0.3, -0.25) is 13.9 Å². The number of benzene rings is 3. The molecule has 11 heteroatoms. The highest BCUT2D eigenvalue weighted by Crippen LogP contribution is 2.27. The normalized spacial score (nSPS) is 11.9. The Hall–Kier alpha value is -3.44. The number of ether oxygens (including phenoxy) is 1. The Kier molecular flexibility index (Phi) is 11.7. The maximum absolute atomic E-state index is 13.9. The van der Waals surface area contributed by atoms with Crippen molar-refractivity contribution >= 4 is 43.5 Å². The average Bonchev–Trinajstić information content (AvgIpc) is 2.96. The third kappa shape index (κ3) is 8.77. The molecule has 220 valence electrons. The van der Waals surface area contributed by atoms with Crippen LogP contribution in [0, 0.1) is 5.82 Å². The van der Waals surface area contributed by atoms with Crippen LogP contribution in [0.2, 0.25) is 0 Å². The van der Waals surface area contributed by atoms with Crippen molar-refractivity contribution in [2.24, 2.45) is 0 Å². The van der Waals surface area contributed by atoms with E-state index in [1.807, 2.05) is 38.1 Å². The molecule has 0 saturated carbocycles. The molecule has 3 aromatic rings. The van der Waals surface area contributed by atoms with Crippen LogP contribution in [0.4, 0.5) is 10.1 Å². The van der Waals surface area contributed by atoms with Crippen molar-refractivity contribution < 1.29 is 27.1 Å². The molecule has 8 nitrogen and oxygen atoms in total. The fraction of sp³-hybridized carbons (Fsp3) is 0.333. The van der Waals surface area contributed by atoms with Crippen LogP contribution in [0.5, 0.6) is 5.75 Å². The van der Waals surface area contributed by atoms with Crippen molar-refractivity contribution in [3.8, 4) is 5.75 Å². The maximum atomic E-state index is 13.9. The Bertz CT molecular complexity index is 1400. The van der Waals surface area contributed by atoms with Crippen molar-refractivity contribution in [2.45, 2.75) is 51.1 Å². The van der Waals surface area contributed by atoms with Gasteiger partial charge in [0.1, 0.15) is 24.2 Å². The molecule has 41 heavy (non-hydrogen) atoms. The van der Waals surface area contributed by atoms with Gasteiger partial charge >= 0.3 is 0 Å². The minimum atomic E-state index is -4.29. The molecular weight excluding hydrogens is 613 g/mol. The van der Waals surface area contributed by atoms with E-state index in [1.165, 1.54) is 4.90 Å². The molecule has 1 N–H and O–H groups in total. The number of carbonyl (C=O) groups excluding carboxylic acids is 2. The maximum Gasteiger partial charge on any atom is 0.264 e. The van der Waals surface area contributed by atoms with Gasteiger partial charge < -0.3 is 15.0 Å². The van der Waals surface area contributed by atoms with E-state index in [2.05, 4.69) is 21.2 Å². The Morgan fingerprint density at radius 2 is 1.61 bits per heavy atom. The van der Waals surface area contributed by atoms with Crippen LogP contribution in [0.3, 0.4) is 0 Å². The van der Waals surface area contributed by atoms with Gasteiger partial charge in [0.25, 0.3) is 10.0 Å². The molecule has 2 amide bonds. The number of anilines is 1. The molecule has 1 atom stereocenters. The van der Waals surface area contributed by atoms with Gasteiger partial charge in [-0.05, 0) is 86.5 Å². The summed E-state index contributed by atoms with van der Waals surface area (Å²) in [7, 11) is -4.29. The zero-order valence-corrected chi connectivity index (χ0v) is 25.8. The number of halogens is 2. The quantitative estimate of drug-likeness (QED) is 0.233. The van der Waals surface area contributed by atoms with Crippen molar-refractivity contribution in [1.29, 1.82) is 0 Å². The van der Waals surface area contributed by atoms with Crippen molar-refractivity contribution in [3.05, 3.63) is 88.6 Å². The van der Waals surface area contributed by atoms with Gasteiger partial charge in [0, 0.05) is 17.6 Å². The van der Waals surface area contributed by atoms with Crippen LogP contribution in [-0.4, -0.2) is 50.9 Å². The van der Waals surface area contributed by atoms with E-state index in [-0.39, 0.29) is 23.0 Å². The van der Waals surface area contributed by atoms with Gasteiger partial charge in [-0.1, -0.05) is 41.4 Å². The molecule has 0 heterocycles. The second-order valence-corrected chi connectivity index (χ2v) is 12.1. The Labute approximate surface area is 249 Å². The first-order chi connectivity index (χ1) is 19.6. The number of hydrogen-bond acceptors (Lipinski definition) is 5. The van der Waals surface area contributed by atoms with Gasteiger partial charge in [-0.25, -0.2) is 12.8 Å². The molecule has 0 spiro atoms. The van der Waals surface area contributed by atoms with Gasteiger partial charge in [-0.15, -0.1) is 0 Å². The van der Waals surface area contributed by atoms with E-state index in [1.54, 1.807) is 31.2 Å². The number of sulfonamides is 1. The number of hydrogen-bond donors (Lipinski definition) is 1. The van der Waals surface area contributed by atoms with Crippen molar-refractivity contribution in [1.82, 2.24) is 10.2 Å². The van der Waals surface area contributed by atoms with Crippen molar-refractivity contribution in [2.75, 3.05) is 24.0 Å². The molecule has 3 aromatic carbocycles. The van der Waals surface area contributed by atoms with Gasteiger partial charge in [-0.2, -0.15) is 0 Å². The number of carbonyl (C=O) groups is 2. The molecule has 1 unspecified atom stereocenters. The summed E-state index contributed by atoms with van der Waals surface area (Å²) in [5, 5.41) is 2.86. The second kappa shape index (κ2) is 15.0. The van der Waals surface area contributed by atoms with E-state index < -0.39 is 34.3 Å². The van der Waals surface area contributed by atoms with Gasteiger partial charge in [0.2, 0.25) is 11.8 Å². The monoisotopic (exact) mass is 647 g/mol. The number of nitrogens with zero attached hydrogens (tertiary/aromatic N) is 2. The Morgan fingerprint density at radius 1 is 0.976 bits per heavy atom. The number of unbranched alkanes of at least 4 members (excludes halogenated alkanes) is 1. The van der Waals surface area contributed by atoms with Crippen LogP contribution >= 0.6 is 15.9 Å². The summed E-state index contributed by atoms with van der Waals surface area (Å²) in [6.45, 7) is 5.86. The lowest BCUT2D eigenvalue weighted by molar-refractivity contribution is -0.139. The van der Waals surface area contributed by atoms with Crippen LogP contribution in [-0.2, 0) is 26.2 Å². The lowest BCUT2D eigenvalue weighted by atomic mass is 10.1. The molecule has 0 aliphatic carbocycles. The van der Waals surface area contributed by atoms with E-state index in [0.717, 1.165) is 51.4 Å². The molecule has 3 rings (SSSR count). The number of nitrogens with one attached hydrogen (secondary N) is 1. The molecule has 0 aliphatic rings.